The van der Waals surface area contributed by atoms with Crippen molar-refractivity contribution in [3.8, 4) is 5.75 Å². The van der Waals surface area contributed by atoms with E-state index in [-0.39, 0.29) is 24.0 Å². The van der Waals surface area contributed by atoms with Crippen LogP contribution in [-0.4, -0.2) is 42.1 Å². The van der Waals surface area contributed by atoms with Crippen LogP contribution in [0.4, 0.5) is 14.7 Å². The predicted octanol–water partition coefficient (Wildman–Crippen LogP) is 7.11. The number of rotatable bonds is 9. The van der Waals surface area contributed by atoms with E-state index >= 15 is 0 Å². The van der Waals surface area contributed by atoms with E-state index in [0.29, 0.717) is 41.8 Å². The topological polar surface area (TPSA) is 93.7 Å². The van der Waals surface area contributed by atoms with Crippen LogP contribution in [0.2, 0.25) is 0 Å². The van der Waals surface area contributed by atoms with Gasteiger partial charge >= 0.3 is 5.97 Å². The van der Waals surface area contributed by atoms with Crippen molar-refractivity contribution in [2.24, 2.45) is 0 Å². The second-order valence-corrected chi connectivity index (χ2v) is 13.2. The Labute approximate surface area is 269 Å². The first-order valence-corrected chi connectivity index (χ1v) is 16.3. The van der Waals surface area contributed by atoms with Gasteiger partial charge in [0.1, 0.15) is 0 Å². The average molecular weight is 729 g/mol. The molecule has 8 nitrogen and oxygen atoms in total. The molecule has 6 rings (SSSR count). The number of nitrogens with zero attached hydrogens (tertiary/aromatic N) is 3. The second kappa shape index (κ2) is 12.9. The van der Waals surface area contributed by atoms with Gasteiger partial charge in [-0.2, -0.15) is 0 Å². The number of ether oxygens (including phenoxy) is 2. The average Bonchev–Trinajstić information content (AvgIpc) is 3.63. The summed E-state index contributed by atoms with van der Waals surface area (Å²) >= 11 is 4.92. The van der Waals surface area contributed by atoms with Crippen LogP contribution in [0.25, 0.3) is 10.2 Å². The normalized spacial score (nSPS) is 12.7. The summed E-state index contributed by atoms with van der Waals surface area (Å²) in [6.45, 7) is 1.45. The fraction of sp³-hybridized carbons (Fsp3) is 0.226. The Morgan fingerprint density at radius 2 is 1.95 bits per heavy atom. The number of hydrogen-bond donors (Lipinski definition) is 1. The molecule has 220 valence electrons. The Morgan fingerprint density at radius 3 is 2.77 bits per heavy atom. The molecule has 1 amide bonds. The monoisotopic (exact) mass is 728 g/mol. The van der Waals surface area contributed by atoms with Crippen molar-refractivity contribution in [2.45, 2.75) is 25.8 Å². The number of carbonyl (C=O) groups excluding carboxylic acids is 2. The van der Waals surface area contributed by atoms with E-state index in [9.17, 15) is 14.0 Å². The largest absolute Gasteiger partial charge is 0.491 e. The van der Waals surface area contributed by atoms with Crippen LogP contribution >= 0.6 is 45.3 Å². The van der Waals surface area contributed by atoms with Gasteiger partial charge in [-0.3, -0.25) is 10.1 Å². The first-order valence-electron chi connectivity index (χ1n) is 13.6. The highest BCUT2D eigenvalue weighted by molar-refractivity contribution is 14.1. The van der Waals surface area contributed by atoms with Gasteiger partial charge in [-0.15, -0.1) is 11.3 Å². The molecular formula is C31H26FIN4O4S2. The number of methoxy groups -OCH3 is 1. The highest BCUT2D eigenvalue weighted by atomic mass is 127. The quantitative estimate of drug-likeness (QED) is 0.0983. The zero-order chi connectivity index (χ0) is 29.9. The minimum atomic E-state index is -0.504. The lowest BCUT2D eigenvalue weighted by atomic mass is 9.94. The summed E-state index contributed by atoms with van der Waals surface area (Å²) in [6.07, 6.45) is 1.82. The molecule has 0 bridgehead atoms. The van der Waals surface area contributed by atoms with Crippen LogP contribution in [0.5, 0.6) is 5.75 Å². The van der Waals surface area contributed by atoms with Crippen molar-refractivity contribution in [1.82, 2.24) is 9.97 Å². The molecule has 5 aromatic rings. The molecule has 1 N–H and O–H groups in total. The molecule has 12 heteroatoms. The summed E-state index contributed by atoms with van der Waals surface area (Å²) < 4.78 is 26.6. The minimum absolute atomic E-state index is 0.202. The number of esters is 1. The van der Waals surface area contributed by atoms with Crippen LogP contribution in [-0.2, 0) is 24.1 Å². The van der Waals surface area contributed by atoms with Gasteiger partial charge in [-0.1, -0.05) is 35.6 Å². The highest BCUT2D eigenvalue weighted by Gasteiger charge is 2.27. The Hall–Kier alpha value is -3.62. The van der Waals surface area contributed by atoms with Crippen molar-refractivity contribution in [2.75, 3.05) is 30.5 Å². The van der Waals surface area contributed by atoms with Gasteiger partial charge in [0.05, 0.1) is 23.9 Å². The summed E-state index contributed by atoms with van der Waals surface area (Å²) in [5.74, 6) is -0.915. The molecule has 0 radical (unpaired) electrons. The molecule has 0 aliphatic carbocycles. The van der Waals surface area contributed by atoms with Crippen molar-refractivity contribution in [1.29, 1.82) is 0 Å². The highest BCUT2D eigenvalue weighted by Crippen LogP contribution is 2.34. The lowest BCUT2D eigenvalue weighted by Gasteiger charge is -2.29. The smallest absolute Gasteiger partial charge is 0.357 e. The first kappa shape index (κ1) is 29.5. The zero-order valence-corrected chi connectivity index (χ0v) is 26.9. The maximum Gasteiger partial charge on any atom is 0.357 e. The van der Waals surface area contributed by atoms with Crippen molar-refractivity contribution in [3.05, 3.63) is 97.3 Å². The molecule has 0 fully saturated rings. The van der Waals surface area contributed by atoms with Gasteiger partial charge in [0, 0.05) is 27.1 Å². The maximum absolute atomic E-state index is 14.1. The number of benzene rings is 3. The number of halogens is 2. The van der Waals surface area contributed by atoms with E-state index in [1.807, 2.05) is 65.1 Å². The molecule has 3 aromatic carbocycles. The van der Waals surface area contributed by atoms with E-state index in [0.717, 1.165) is 36.2 Å². The Kier molecular flexibility index (Phi) is 8.86. The van der Waals surface area contributed by atoms with E-state index in [1.165, 1.54) is 35.8 Å². The van der Waals surface area contributed by atoms with E-state index in [2.05, 4.69) is 20.2 Å². The summed E-state index contributed by atoms with van der Waals surface area (Å²) in [4.78, 5) is 38.1. The first-order chi connectivity index (χ1) is 20.9. The number of carbonyl (C=O) groups is 2. The van der Waals surface area contributed by atoms with Gasteiger partial charge < -0.3 is 14.4 Å². The lowest BCUT2D eigenvalue weighted by molar-refractivity contribution is 0.0593. The molecule has 0 saturated carbocycles. The van der Waals surface area contributed by atoms with E-state index in [1.54, 1.807) is 12.1 Å². The number of nitrogens with one attached hydrogen (secondary N) is 1. The summed E-state index contributed by atoms with van der Waals surface area (Å²) in [7, 11) is 1.33. The number of thiazole rings is 2. The molecule has 0 unspecified atom stereocenters. The summed E-state index contributed by atoms with van der Waals surface area (Å²) in [5.41, 5.74) is 3.75. The zero-order valence-electron chi connectivity index (χ0n) is 23.1. The maximum atomic E-state index is 14.1. The molecule has 0 saturated heterocycles. The van der Waals surface area contributed by atoms with Crippen LogP contribution < -0.4 is 15.0 Å². The fourth-order valence-electron chi connectivity index (χ4n) is 4.95. The van der Waals surface area contributed by atoms with Gasteiger partial charge in [0.15, 0.2) is 27.5 Å². The second-order valence-electron chi connectivity index (χ2n) is 9.84. The van der Waals surface area contributed by atoms with Crippen molar-refractivity contribution < 1.29 is 23.5 Å². The van der Waals surface area contributed by atoms with Crippen LogP contribution in [0.1, 0.15) is 43.3 Å². The third-order valence-electron chi connectivity index (χ3n) is 7.07. The third kappa shape index (κ3) is 6.50. The number of anilines is 2. The summed E-state index contributed by atoms with van der Waals surface area (Å²) in [5, 5.41) is 4.22. The van der Waals surface area contributed by atoms with Crippen LogP contribution in [0.3, 0.4) is 0 Å². The number of hydrogen-bond acceptors (Lipinski definition) is 9. The standard InChI is InChI=1S/C31H26FIN4O4S2/c1-40-29(39)27-26(10-5-15-41-24-12-11-19(33)16-22(24)32)43-31(35-27)37-14-13-18-6-4-7-20(21(18)17-37)28(38)36-30-34-23-8-2-3-9-25(23)42-30/h2-4,6-9,11-12,16H,5,10,13-15,17H2,1H3,(H,34,36,38). The minimum Gasteiger partial charge on any atom is -0.491 e. The molecule has 0 spiro atoms. The van der Waals surface area contributed by atoms with Gasteiger partial charge in [-0.05, 0) is 89.4 Å². The predicted molar refractivity (Wildman–Crippen MR) is 175 cm³/mol. The molecule has 43 heavy (non-hydrogen) atoms. The Morgan fingerprint density at radius 1 is 1.09 bits per heavy atom. The van der Waals surface area contributed by atoms with E-state index in [4.69, 9.17) is 9.47 Å². The van der Waals surface area contributed by atoms with Gasteiger partial charge in [0.25, 0.3) is 5.91 Å². The van der Waals surface area contributed by atoms with Crippen LogP contribution in [0.15, 0.2) is 60.7 Å². The molecule has 0 atom stereocenters. The van der Waals surface area contributed by atoms with Crippen LogP contribution in [0, 0.1) is 9.39 Å². The number of aromatic nitrogens is 2. The third-order valence-corrected chi connectivity index (χ3v) is 9.87. The lowest BCUT2D eigenvalue weighted by Crippen LogP contribution is -2.32. The Balaban J connectivity index is 1.17. The van der Waals surface area contributed by atoms with Gasteiger partial charge in [0.2, 0.25) is 0 Å². The molecule has 1 aliphatic rings. The van der Waals surface area contributed by atoms with Crippen molar-refractivity contribution in [3.63, 3.8) is 0 Å². The number of amides is 1. The Bertz CT molecular complexity index is 1790. The fourth-order valence-corrected chi connectivity index (χ4v) is 7.38. The number of fused-ring (bicyclic) bond motifs is 2. The SMILES string of the molecule is COC(=O)c1nc(N2CCc3cccc(C(=O)Nc4nc5ccccc5s4)c3C2)sc1CCCOc1ccc(I)cc1F. The van der Waals surface area contributed by atoms with E-state index < -0.39 is 11.8 Å². The molecule has 2 aromatic heterocycles. The number of para-hydroxylation sites is 1. The summed E-state index contributed by atoms with van der Waals surface area (Å²) in [6, 6.07) is 18.4. The number of aryl methyl sites for hydroxylation is 1. The van der Waals surface area contributed by atoms with Gasteiger partial charge in [-0.25, -0.2) is 19.2 Å². The molecule has 1 aliphatic heterocycles. The molecular weight excluding hydrogens is 702 g/mol. The molecule has 3 heterocycles. The van der Waals surface area contributed by atoms with Crippen molar-refractivity contribution >= 4 is 77.6 Å².